The van der Waals surface area contributed by atoms with Crippen molar-refractivity contribution in [1.82, 2.24) is 6.15 Å². The van der Waals surface area contributed by atoms with E-state index in [0.29, 0.717) is 0 Å². The van der Waals surface area contributed by atoms with Crippen molar-refractivity contribution in [2.24, 2.45) is 0 Å². The summed E-state index contributed by atoms with van der Waals surface area (Å²) in [7, 11) is 0. The molecule has 0 heterocycles. The highest BCUT2D eigenvalue weighted by molar-refractivity contribution is 5.93. The molecule has 3 heteroatoms. The van der Waals surface area contributed by atoms with Gasteiger partial charge in [0.15, 0.2) is 0 Å². The van der Waals surface area contributed by atoms with Gasteiger partial charge in [0.1, 0.15) is 0 Å². The van der Waals surface area contributed by atoms with Crippen molar-refractivity contribution >= 4 is 16.7 Å². The normalized spacial score (nSPS) is 9.43. The lowest BCUT2D eigenvalue weighted by Gasteiger charge is -2.03. The summed E-state index contributed by atoms with van der Waals surface area (Å²) in [5.74, 6) is -1.13. The number of quaternary nitrogens is 1. The van der Waals surface area contributed by atoms with E-state index in [0.717, 1.165) is 10.8 Å². The van der Waals surface area contributed by atoms with Crippen molar-refractivity contribution in [3.8, 4) is 0 Å². The Kier molecular flexibility index (Phi) is 2.84. The summed E-state index contributed by atoms with van der Waals surface area (Å²) in [4.78, 5) is 10.5. The Hall–Kier alpha value is -1.87. The van der Waals surface area contributed by atoms with Crippen LogP contribution in [-0.2, 0) is 0 Å². The summed E-state index contributed by atoms with van der Waals surface area (Å²) in [5, 5.41) is 12.5. The number of benzene rings is 2. The highest BCUT2D eigenvalue weighted by Crippen LogP contribution is 2.14. The zero-order valence-corrected chi connectivity index (χ0v) is 7.86. The van der Waals surface area contributed by atoms with E-state index < -0.39 is 5.97 Å². The van der Waals surface area contributed by atoms with E-state index in [9.17, 15) is 9.90 Å². The second-order valence-electron chi connectivity index (χ2n) is 2.85. The molecule has 0 fully saturated rings. The first kappa shape index (κ1) is 10.2. The topological polar surface area (TPSA) is 76.6 Å². The molecule has 0 saturated heterocycles. The molecule has 2 rings (SSSR count). The summed E-state index contributed by atoms with van der Waals surface area (Å²) in [5.41, 5.74) is 0.221. The van der Waals surface area contributed by atoms with Crippen LogP contribution < -0.4 is 11.3 Å². The molecule has 3 nitrogen and oxygen atoms in total. The standard InChI is InChI=1S/C11H8O2.H3N/c12-11(13)10-6-5-8-3-1-2-4-9(8)7-10;/h1-7H,(H,12,13);1H3. The molecular weight excluding hydrogens is 178 g/mol. The van der Waals surface area contributed by atoms with Crippen molar-refractivity contribution < 1.29 is 9.90 Å². The van der Waals surface area contributed by atoms with Crippen LogP contribution >= 0.6 is 0 Å². The minimum absolute atomic E-state index is 0. The van der Waals surface area contributed by atoms with Crippen LogP contribution in [0.15, 0.2) is 42.5 Å². The summed E-state index contributed by atoms with van der Waals surface area (Å²) >= 11 is 0. The molecule has 0 amide bonds. The molecule has 0 spiro atoms. The molecule has 0 saturated carbocycles. The predicted octanol–water partition coefficient (Wildman–Crippen LogP) is 1.58. The second kappa shape index (κ2) is 3.89. The average molecular weight is 189 g/mol. The molecule has 0 bridgehead atoms. The largest absolute Gasteiger partial charge is 0.545 e. The lowest BCUT2D eigenvalue weighted by atomic mass is 10.1. The smallest absolute Gasteiger partial charge is 0.0715 e. The van der Waals surface area contributed by atoms with Crippen LogP contribution in [0.2, 0.25) is 0 Å². The summed E-state index contributed by atoms with van der Waals surface area (Å²) in [6.45, 7) is 0. The van der Waals surface area contributed by atoms with Crippen molar-refractivity contribution in [2.45, 2.75) is 0 Å². The Morgan fingerprint density at radius 2 is 1.64 bits per heavy atom. The number of hydrogen-bond donors (Lipinski definition) is 1. The van der Waals surface area contributed by atoms with E-state index in [1.165, 1.54) is 0 Å². The predicted molar refractivity (Wildman–Crippen MR) is 54.3 cm³/mol. The van der Waals surface area contributed by atoms with E-state index in [4.69, 9.17) is 0 Å². The molecule has 0 unspecified atom stereocenters. The summed E-state index contributed by atoms with van der Waals surface area (Å²) in [6.07, 6.45) is 0. The van der Waals surface area contributed by atoms with Crippen LogP contribution in [0.4, 0.5) is 0 Å². The van der Waals surface area contributed by atoms with Crippen molar-refractivity contribution in [3.63, 3.8) is 0 Å². The van der Waals surface area contributed by atoms with Gasteiger partial charge >= 0.3 is 0 Å². The maximum Gasteiger partial charge on any atom is 0.0715 e. The Labute approximate surface area is 81.6 Å². The molecule has 2 aromatic carbocycles. The first-order valence-electron chi connectivity index (χ1n) is 3.97. The van der Waals surface area contributed by atoms with Crippen LogP contribution in [0.5, 0.6) is 0 Å². The van der Waals surface area contributed by atoms with E-state index >= 15 is 0 Å². The minimum Gasteiger partial charge on any atom is -0.545 e. The Morgan fingerprint density at radius 3 is 2.29 bits per heavy atom. The van der Waals surface area contributed by atoms with Crippen LogP contribution in [0, 0.1) is 0 Å². The van der Waals surface area contributed by atoms with Gasteiger partial charge in [-0.25, -0.2) is 0 Å². The van der Waals surface area contributed by atoms with Gasteiger partial charge in [-0.15, -0.1) is 0 Å². The molecule has 0 aliphatic rings. The molecule has 14 heavy (non-hydrogen) atoms. The SMILES string of the molecule is O=C([O-])c1ccc2ccccc2c1.[NH4+]. The van der Waals surface area contributed by atoms with E-state index in [1.807, 2.05) is 24.3 Å². The molecular formula is C11H11NO2. The lowest BCUT2D eigenvalue weighted by Crippen LogP contribution is -2.21. The summed E-state index contributed by atoms with van der Waals surface area (Å²) < 4.78 is 0. The van der Waals surface area contributed by atoms with Crippen LogP contribution in [0.25, 0.3) is 10.8 Å². The fourth-order valence-electron chi connectivity index (χ4n) is 1.32. The third-order valence-electron chi connectivity index (χ3n) is 1.99. The number of carbonyl (C=O) groups excluding carboxylic acids is 1. The molecule has 72 valence electrons. The monoisotopic (exact) mass is 189 g/mol. The zero-order valence-electron chi connectivity index (χ0n) is 7.86. The number of hydrogen-bond acceptors (Lipinski definition) is 2. The van der Waals surface area contributed by atoms with Crippen LogP contribution in [-0.4, -0.2) is 5.97 Å². The molecule has 0 aliphatic heterocycles. The van der Waals surface area contributed by atoms with Crippen molar-refractivity contribution in [1.29, 1.82) is 0 Å². The van der Waals surface area contributed by atoms with Gasteiger partial charge in [-0.3, -0.25) is 0 Å². The third kappa shape index (κ3) is 1.72. The van der Waals surface area contributed by atoms with Gasteiger partial charge in [-0.05, 0) is 22.4 Å². The zero-order chi connectivity index (χ0) is 9.26. The van der Waals surface area contributed by atoms with Gasteiger partial charge in [-0.1, -0.05) is 36.4 Å². The van der Waals surface area contributed by atoms with E-state index in [-0.39, 0.29) is 11.7 Å². The molecule has 0 aromatic heterocycles. The number of fused-ring (bicyclic) bond motifs is 1. The average Bonchev–Trinajstić information content (AvgIpc) is 2.17. The number of carboxylic acids is 1. The molecule has 2 aromatic rings. The van der Waals surface area contributed by atoms with Crippen LogP contribution in [0.3, 0.4) is 0 Å². The third-order valence-corrected chi connectivity index (χ3v) is 1.99. The van der Waals surface area contributed by atoms with Gasteiger partial charge in [0.05, 0.1) is 5.97 Å². The van der Waals surface area contributed by atoms with Gasteiger partial charge in [0.25, 0.3) is 0 Å². The van der Waals surface area contributed by atoms with E-state index in [1.54, 1.807) is 18.2 Å². The lowest BCUT2D eigenvalue weighted by molar-refractivity contribution is -0.255. The fourth-order valence-corrected chi connectivity index (χ4v) is 1.32. The second-order valence-corrected chi connectivity index (χ2v) is 2.85. The minimum atomic E-state index is -1.13. The summed E-state index contributed by atoms with van der Waals surface area (Å²) in [6, 6.07) is 12.6. The van der Waals surface area contributed by atoms with Gasteiger partial charge < -0.3 is 16.1 Å². The van der Waals surface area contributed by atoms with Gasteiger partial charge in [0, 0.05) is 0 Å². The fraction of sp³-hybridized carbons (Fsp3) is 0. The first-order valence-corrected chi connectivity index (χ1v) is 3.97. The number of carboxylic acid groups (broad SMARTS) is 1. The molecule has 4 N–H and O–H groups in total. The van der Waals surface area contributed by atoms with Gasteiger partial charge in [-0.2, -0.15) is 0 Å². The quantitative estimate of drug-likeness (QED) is 0.739. The molecule has 0 radical (unpaired) electrons. The molecule has 0 aliphatic carbocycles. The Bertz CT molecular complexity index is 466. The first-order chi connectivity index (χ1) is 6.27. The number of rotatable bonds is 1. The molecule has 0 atom stereocenters. The number of aromatic carboxylic acids is 1. The highest BCUT2D eigenvalue weighted by Gasteiger charge is 1.95. The highest BCUT2D eigenvalue weighted by atomic mass is 16.4. The van der Waals surface area contributed by atoms with Crippen molar-refractivity contribution in [3.05, 3.63) is 48.0 Å². The maximum absolute atomic E-state index is 10.5. The van der Waals surface area contributed by atoms with Crippen molar-refractivity contribution in [2.75, 3.05) is 0 Å². The Balaban J connectivity index is 0.000000980. The van der Waals surface area contributed by atoms with Crippen LogP contribution in [0.1, 0.15) is 10.4 Å². The maximum atomic E-state index is 10.5. The Morgan fingerprint density at radius 1 is 1.00 bits per heavy atom. The van der Waals surface area contributed by atoms with Gasteiger partial charge in [0.2, 0.25) is 0 Å². The number of carbonyl (C=O) groups is 1. The van der Waals surface area contributed by atoms with E-state index in [2.05, 4.69) is 0 Å².